The number of rotatable bonds is 4. The van der Waals surface area contributed by atoms with Crippen LogP contribution in [0, 0.1) is 5.92 Å². The largest absolute Gasteiger partial charge is 0.416 e. The van der Waals surface area contributed by atoms with E-state index in [0.717, 1.165) is 24.1 Å². The lowest BCUT2D eigenvalue weighted by Gasteiger charge is -2.24. The number of aliphatic hydroxyl groups excluding tert-OH is 1. The predicted octanol–water partition coefficient (Wildman–Crippen LogP) is 5.77. The van der Waals surface area contributed by atoms with Gasteiger partial charge >= 0.3 is 6.18 Å². The number of hydrogen-bond acceptors (Lipinski definition) is 2. The summed E-state index contributed by atoms with van der Waals surface area (Å²) in [6.07, 6.45) is 3.63. The number of halogens is 3. The van der Waals surface area contributed by atoms with Gasteiger partial charge in [-0.1, -0.05) is 50.3 Å². The molecule has 1 atom stereocenters. The number of pyridine rings is 1. The molecule has 0 bridgehead atoms. The second kappa shape index (κ2) is 7.56. The number of aliphatic hydroxyl groups is 1. The topological polar surface area (TPSA) is 33.1 Å². The molecule has 1 fully saturated rings. The first-order chi connectivity index (χ1) is 11.9. The van der Waals surface area contributed by atoms with Crippen LogP contribution in [0.25, 0.3) is 11.3 Å². The van der Waals surface area contributed by atoms with E-state index in [2.05, 4.69) is 4.98 Å². The third-order valence-corrected chi connectivity index (χ3v) is 4.96. The van der Waals surface area contributed by atoms with Crippen molar-refractivity contribution in [3.05, 3.63) is 53.7 Å². The van der Waals surface area contributed by atoms with Crippen LogP contribution in [0.3, 0.4) is 0 Å². The molecule has 3 rings (SSSR count). The summed E-state index contributed by atoms with van der Waals surface area (Å²) in [6.45, 7) is 0. The molecule has 1 aromatic heterocycles. The summed E-state index contributed by atoms with van der Waals surface area (Å²) in [7, 11) is 0. The fraction of sp³-hybridized carbons (Fsp3) is 0.450. The SMILES string of the molecule is OC(CC1CCCCC1)c1ccc(-c2ccc(C(F)(F)F)cc2)nc1. The highest BCUT2D eigenvalue weighted by Crippen LogP contribution is 2.33. The maximum Gasteiger partial charge on any atom is 0.416 e. The molecule has 1 unspecified atom stereocenters. The molecule has 134 valence electrons. The van der Waals surface area contributed by atoms with Gasteiger partial charge in [0.1, 0.15) is 0 Å². The third kappa shape index (κ3) is 4.60. The van der Waals surface area contributed by atoms with Crippen molar-refractivity contribution in [1.29, 1.82) is 0 Å². The van der Waals surface area contributed by atoms with E-state index in [-0.39, 0.29) is 0 Å². The van der Waals surface area contributed by atoms with Gasteiger partial charge in [-0.25, -0.2) is 0 Å². The smallest absolute Gasteiger partial charge is 0.388 e. The van der Waals surface area contributed by atoms with E-state index in [1.54, 1.807) is 12.3 Å². The molecule has 2 aromatic rings. The number of hydrogen-bond donors (Lipinski definition) is 1. The zero-order valence-electron chi connectivity index (χ0n) is 14.0. The predicted molar refractivity (Wildman–Crippen MR) is 90.8 cm³/mol. The fourth-order valence-corrected chi connectivity index (χ4v) is 3.48. The Hall–Kier alpha value is -1.88. The minimum atomic E-state index is -4.33. The Morgan fingerprint density at radius 3 is 2.24 bits per heavy atom. The van der Waals surface area contributed by atoms with Crippen LogP contribution in [0.15, 0.2) is 42.6 Å². The van der Waals surface area contributed by atoms with Gasteiger partial charge in [-0.2, -0.15) is 13.2 Å². The molecule has 5 heteroatoms. The summed E-state index contributed by atoms with van der Waals surface area (Å²) in [4.78, 5) is 4.31. The quantitative estimate of drug-likeness (QED) is 0.760. The maximum atomic E-state index is 12.6. The lowest BCUT2D eigenvalue weighted by Crippen LogP contribution is -2.11. The van der Waals surface area contributed by atoms with Crippen molar-refractivity contribution in [2.75, 3.05) is 0 Å². The molecule has 1 N–H and O–H groups in total. The summed E-state index contributed by atoms with van der Waals surface area (Å²) in [5, 5.41) is 10.4. The van der Waals surface area contributed by atoms with E-state index in [9.17, 15) is 18.3 Å². The molecule has 1 aliphatic carbocycles. The minimum absolute atomic E-state index is 0.530. The third-order valence-electron chi connectivity index (χ3n) is 4.96. The van der Waals surface area contributed by atoms with Crippen LogP contribution in [-0.2, 0) is 6.18 Å². The Morgan fingerprint density at radius 2 is 1.68 bits per heavy atom. The second-order valence-electron chi connectivity index (χ2n) is 6.81. The van der Waals surface area contributed by atoms with Gasteiger partial charge in [0.2, 0.25) is 0 Å². The van der Waals surface area contributed by atoms with Crippen LogP contribution < -0.4 is 0 Å². The Kier molecular flexibility index (Phi) is 5.42. The van der Waals surface area contributed by atoms with Gasteiger partial charge in [0.05, 0.1) is 17.4 Å². The molecule has 0 aliphatic heterocycles. The van der Waals surface area contributed by atoms with Crippen LogP contribution in [0.2, 0.25) is 0 Å². The van der Waals surface area contributed by atoms with Crippen LogP contribution in [0.5, 0.6) is 0 Å². The Balaban J connectivity index is 1.67. The monoisotopic (exact) mass is 349 g/mol. The van der Waals surface area contributed by atoms with E-state index in [1.807, 2.05) is 6.07 Å². The van der Waals surface area contributed by atoms with Crippen LogP contribution in [0.4, 0.5) is 13.2 Å². The highest BCUT2D eigenvalue weighted by Gasteiger charge is 2.30. The molecule has 0 spiro atoms. The van der Waals surface area contributed by atoms with Crippen LogP contribution in [0.1, 0.15) is 55.8 Å². The number of benzene rings is 1. The molecule has 1 heterocycles. The number of alkyl halides is 3. The summed E-state index contributed by atoms with van der Waals surface area (Å²) >= 11 is 0. The summed E-state index contributed by atoms with van der Waals surface area (Å²) in [5.41, 5.74) is 1.32. The molecule has 0 radical (unpaired) electrons. The summed E-state index contributed by atoms with van der Waals surface area (Å²) < 4.78 is 37.8. The van der Waals surface area contributed by atoms with E-state index >= 15 is 0 Å². The number of aromatic nitrogens is 1. The first-order valence-electron chi connectivity index (χ1n) is 8.75. The Morgan fingerprint density at radius 1 is 1.00 bits per heavy atom. The molecular weight excluding hydrogens is 327 g/mol. The molecule has 25 heavy (non-hydrogen) atoms. The van der Waals surface area contributed by atoms with Crippen molar-refractivity contribution in [1.82, 2.24) is 4.98 Å². The van der Waals surface area contributed by atoms with E-state index in [0.29, 0.717) is 17.2 Å². The minimum Gasteiger partial charge on any atom is -0.388 e. The summed E-state index contributed by atoms with van der Waals surface area (Å²) in [5.74, 6) is 0.568. The van der Waals surface area contributed by atoms with Crippen LogP contribution in [-0.4, -0.2) is 10.1 Å². The van der Waals surface area contributed by atoms with Gasteiger partial charge in [0.15, 0.2) is 0 Å². The lowest BCUT2D eigenvalue weighted by atomic mass is 9.84. The van der Waals surface area contributed by atoms with Crippen LogP contribution >= 0.6 is 0 Å². The van der Waals surface area contributed by atoms with E-state index in [4.69, 9.17) is 0 Å². The average Bonchev–Trinajstić information content (AvgIpc) is 2.62. The first kappa shape index (κ1) is 17.9. The van der Waals surface area contributed by atoms with E-state index in [1.165, 1.54) is 44.2 Å². The molecule has 1 saturated carbocycles. The van der Waals surface area contributed by atoms with Gasteiger partial charge in [-0.15, -0.1) is 0 Å². The standard InChI is InChI=1S/C20H22F3NO/c21-20(22,23)17-9-6-15(7-10-17)18-11-8-16(13-24-18)19(25)12-14-4-2-1-3-5-14/h6-11,13-14,19,25H,1-5,12H2. The lowest BCUT2D eigenvalue weighted by molar-refractivity contribution is -0.137. The molecule has 0 saturated heterocycles. The fourth-order valence-electron chi connectivity index (χ4n) is 3.48. The van der Waals surface area contributed by atoms with E-state index < -0.39 is 17.8 Å². The summed E-state index contributed by atoms with van der Waals surface area (Å²) in [6, 6.07) is 8.52. The average molecular weight is 349 g/mol. The zero-order chi connectivity index (χ0) is 17.9. The highest BCUT2D eigenvalue weighted by molar-refractivity contribution is 5.59. The Bertz CT molecular complexity index is 674. The van der Waals surface area contributed by atoms with Gasteiger partial charge in [0, 0.05) is 11.8 Å². The molecule has 2 nitrogen and oxygen atoms in total. The van der Waals surface area contributed by atoms with Crippen molar-refractivity contribution in [3.63, 3.8) is 0 Å². The zero-order valence-corrected chi connectivity index (χ0v) is 14.0. The second-order valence-corrected chi connectivity index (χ2v) is 6.81. The van der Waals surface area contributed by atoms with Crippen molar-refractivity contribution in [2.45, 2.75) is 50.8 Å². The van der Waals surface area contributed by atoms with Gasteiger partial charge in [-0.3, -0.25) is 4.98 Å². The normalized spacial score (nSPS) is 17.4. The van der Waals surface area contributed by atoms with Gasteiger partial charge in [-0.05, 0) is 36.1 Å². The maximum absolute atomic E-state index is 12.6. The molecule has 1 aromatic carbocycles. The molecule has 0 amide bonds. The van der Waals surface area contributed by atoms with Crippen molar-refractivity contribution >= 4 is 0 Å². The number of nitrogens with zero attached hydrogens (tertiary/aromatic N) is 1. The Labute approximate surface area is 145 Å². The van der Waals surface area contributed by atoms with Crippen molar-refractivity contribution in [2.24, 2.45) is 5.92 Å². The van der Waals surface area contributed by atoms with Gasteiger partial charge < -0.3 is 5.11 Å². The first-order valence-corrected chi connectivity index (χ1v) is 8.75. The van der Waals surface area contributed by atoms with Crippen molar-refractivity contribution in [3.8, 4) is 11.3 Å². The van der Waals surface area contributed by atoms with Crippen molar-refractivity contribution < 1.29 is 18.3 Å². The molecule has 1 aliphatic rings. The highest BCUT2D eigenvalue weighted by atomic mass is 19.4. The molecular formula is C20H22F3NO. The van der Waals surface area contributed by atoms with Gasteiger partial charge in [0.25, 0.3) is 0 Å².